The third kappa shape index (κ3) is 6.16. The minimum absolute atomic E-state index is 0.215. The molecule has 1 heterocycles. The number of hydrogen-bond acceptors (Lipinski definition) is 4. The molecule has 0 atom stereocenters. The second kappa shape index (κ2) is 11.6. The average Bonchev–Trinajstić information content (AvgIpc) is 3.31. The van der Waals surface area contributed by atoms with Crippen molar-refractivity contribution in [3.8, 4) is 16.9 Å². The van der Waals surface area contributed by atoms with Crippen LogP contribution in [0.25, 0.3) is 16.9 Å². The summed E-state index contributed by atoms with van der Waals surface area (Å²) in [6.45, 7) is 0.254. The number of imidazole rings is 1. The topological polar surface area (TPSA) is 76.5 Å². The molecule has 0 unspecified atom stereocenters. The zero-order valence-electron chi connectivity index (χ0n) is 19.5. The van der Waals surface area contributed by atoms with Gasteiger partial charge in [0.25, 0.3) is 5.91 Å². The van der Waals surface area contributed by atoms with Crippen LogP contribution in [0.15, 0.2) is 85.1 Å². The molecule has 1 aromatic heterocycles. The summed E-state index contributed by atoms with van der Waals surface area (Å²) in [6, 6.07) is 21.8. The fourth-order valence-corrected chi connectivity index (χ4v) is 3.71. The van der Waals surface area contributed by atoms with Gasteiger partial charge in [0.2, 0.25) is 11.9 Å². The largest absolute Gasteiger partial charge is 0.383 e. The number of carbonyl (C=O) groups excluding carboxylic acids is 2. The molecule has 7 nitrogen and oxygen atoms in total. The minimum Gasteiger partial charge on any atom is -0.383 e. The second-order valence-corrected chi connectivity index (χ2v) is 8.37. The van der Waals surface area contributed by atoms with E-state index in [0.29, 0.717) is 22.0 Å². The Hall–Kier alpha value is -4.01. The van der Waals surface area contributed by atoms with E-state index in [0.717, 1.165) is 5.56 Å². The maximum Gasteiger partial charge on any atom is 0.254 e. The summed E-state index contributed by atoms with van der Waals surface area (Å²) in [5.41, 5.74) is 2.51. The predicted molar refractivity (Wildman–Crippen MR) is 137 cm³/mol. The number of carbonyl (C=O) groups is 2. The van der Waals surface area contributed by atoms with Gasteiger partial charge in [0.1, 0.15) is 12.4 Å². The molecule has 0 spiro atoms. The van der Waals surface area contributed by atoms with Crippen LogP contribution in [0.4, 0.5) is 10.3 Å². The van der Waals surface area contributed by atoms with Gasteiger partial charge in [0, 0.05) is 41.7 Å². The van der Waals surface area contributed by atoms with Crippen molar-refractivity contribution >= 4 is 29.4 Å². The van der Waals surface area contributed by atoms with Gasteiger partial charge in [0.15, 0.2) is 0 Å². The summed E-state index contributed by atoms with van der Waals surface area (Å²) in [6.07, 6.45) is 1.76. The third-order valence-electron chi connectivity index (χ3n) is 5.41. The van der Waals surface area contributed by atoms with Crippen molar-refractivity contribution in [2.24, 2.45) is 0 Å². The van der Waals surface area contributed by atoms with E-state index in [4.69, 9.17) is 16.3 Å². The lowest BCUT2D eigenvalue weighted by Gasteiger charge is -2.22. The van der Waals surface area contributed by atoms with Crippen LogP contribution in [-0.4, -0.2) is 53.1 Å². The Morgan fingerprint density at radius 2 is 1.72 bits per heavy atom. The first-order chi connectivity index (χ1) is 17.4. The Bertz CT molecular complexity index is 1330. The van der Waals surface area contributed by atoms with E-state index in [-0.39, 0.29) is 37.4 Å². The van der Waals surface area contributed by atoms with Crippen LogP contribution in [0, 0.1) is 5.82 Å². The summed E-state index contributed by atoms with van der Waals surface area (Å²) in [4.78, 5) is 32.1. The van der Waals surface area contributed by atoms with Gasteiger partial charge in [0.05, 0.1) is 12.3 Å². The lowest BCUT2D eigenvalue weighted by Crippen LogP contribution is -2.40. The SMILES string of the molecule is COCCN(CC(=O)Nc1nc(-c2ccccc2)cn1-c1ccc(F)cc1)C(=O)c1ccc(Cl)cc1. The summed E-state index contributed by atoms with van der Waals surface area (Å²) >= 11 is 5.94. The Labute approximate surface area is 213 Å². The lowest BCUT2D eigenvalue weighted by molar-refractivity contribution is -0.117. The van der Waals surface area contributed by atoms with Gasteiger partial charge in [-0.05, 0) is 48.5 Å². The molecule has 0 fully saturated rings. The zero-order valence-corrected chi connectivity index (χ0v) is 20.3. The van der Waals surface area contributed by atoms with Crippen LogP contribution in [0.1, 0.15) is 10.4 Å². The molecule has 3 aromatic carbocycles. The zero-order chi connectivity index (χ0) is 25.5. The number of rotatable bonds is 9. The first-order valence-electron chi connectivity index (χ1n) is 11.2. The molecule has 4 aromatic rings. The molecule has 0 radical (unpaired) electrons. The summed E-state index contributed by atoms with van der Waals surface area (Å²) < 4.78 is 20.3. The molecule has 0 saturated carbocycles. The molecule has 2 amide bonds. The number of anilines is 1. The van der Waals surface area contributed by atoms with Crippen molar-refractivity contribution in [2.75, 3.05) is 32.1 Å². The van der Waals surface area contributed by atoms with Crippen molar-refractivity contribution in [3.05, 3.63) is 101 Å². The Morgan fingerprint density at radius 1 is 1.03 bits per heavy atom. The number of amides is 2. The molecule has 184 valence electrons. The van der Waals surface area contributed by atoms with Crippen molar-refractivity contribution in [3.63, 3.8) is 0 Å². The van der Waals surface area contributed by atoms with Crippen LogP contribution in [0.5, 0.6) is 0 Å². The van der Waals surface area contributed by atoms with Gasteiger partial charge in [-0.2, -0.15) is 0 Å². The van der Waals surface area contributed by atoms with Crippen LogP contribution < -0.4 is 5.32 Å². The molecule has 4 rings (SSSR count). The van der Waals surface area contributed by atoms with E-state index < -0.39 is 5.91 Å². The number of nitrogens with one attached hydrogen (secondary N) is 1. The van der Waals surface area contributed by atoms with E-state index in [1.165, 1.54) is 24.1 Å². The normalized spacial score (nSPS) is 10.8. The van der Waals surface area contributed by atoms with Crippen LogP contribution in [-0.2, 0) is 9.53 Å². The van der Waals surface area contributed by atoms with Gasteiger partial charge in [-0.15, -0.1) is 0 Å². The highest BCUT2D eigenvalue weighted by atomic mass is 35.5. The van der Waals surface area contributed by atoms with Crippen LogP contribution >= 0.6 is 11.6 Å². The standard InChI is InChI=1S/C27H24ClFN4O3/c1-36-16-15-32(26(35)20-7-9-21(28)10-8-20)18-25(34)31-27-30-24(19-5-3-2-4-6-19)17-33(27)23-13-11-22(29)12-14-23/h2-14,17H,15-16,18H2,1H3,(H,30,31,34). The van der Waals surface area contributed by atoms with Crippen molar-refractivity contribution in [2.45, 2.75) is 0 Å². The Balaban J connectivity index is 1.59. The highest BCUT2D eigenvalue weighted by molar-refractivity contribution is 6.30. The molecule has 36 heavy (non-hydrogen) atoms. The van der Waals surface area contributed by atoms with Crippen LogP contribution in [0.2, 0.25) is 5.02 Å². The molecular weight excluding hydrogens is 483 g/mol. The molecule has 0 saturated heterocycles. The Morgan fingerprint density at radius 3 is 2.39 bits per heavy atom. The van der Waals surface area contributed by atoms with E-state index >= 15 is 0 Å². The van der Waals surface area contributed by atoms with Crippen LogP contribution in [0.3, 0.4) is 0 Å². The maximum atomic E-state index is 13.5. The third-order valence-corrected chi connectivity index (χ3v) is 5.66. The fourth-order valence-electron chi connectivity index (χ4n) is 3.58. The quantitative estimate of drug-likeness (QED) is 0.344. The van der Waals surface area contributed by atoms with E-state index in [1.54, 1.807) is 47.2 Å². The number of ether oxygens (including phenoxy) is 1. The second-order valence-electron chi connectivity index (χ2n) is 7.94. The van der Waals surface area contributed by atoms with Crippen molar-refractivity contribution in [1.82, 2.24) is 14.5 Å². The van der Waals surface area contributed by atoms with Crippen molar-refractivity contribution < 1.29 is 18.7 Å². The van der Waals surface area contributed by atoms with Gasteiger partial charge < -0.3 is 9.64 Å². The monoisotopic (exact) mass is 506 g/mol. The average molecular weight is 507 g/mol. The van der Waals surface area contributed by atoms with Gasteiger partial charge in [-0.25, -0.2) is 9.37 Å². The van der Waals surface area contributed by atoms with E-state index in [2.05, 4.69) is 10.3 Å². The van der Waals surface area contributed by atoms with Gasteiger partial charge in [-0.3, -0.25) is 19.5 Å². The number of hydrogen-bond donors (Lipinski definition) is 1. The maximum absolute atomic E-state index is 13.5. The minimum atomic E-state index is -0.443. The van der Waals surface area contributed by atoms with E-state index in [9.17, 15) is 14.0 Å². The lowest BCUT2D eigenvalue weighted by atomic mass is 10.2. The molecule has 0 aliphatic heterocycles. The molecule has 0 bridgehead atoms. The Kier molecular flexibility index (Phi) is 8.10. The molecule has 1 N–H and O–H groups in total. The molecule has 0 aliphatic rings. The smallest absolute Gasteiger partial charge is 0.254 e. The molecule has 9 heteroatoms. The number of halogens is 2. The highest BCUT2D eigenvalue weighted by Crippen LogP contribution is 2.24. The summed E-state index contributed by atoms with van der Waals surface area (Å²) in [5, 5.41) is 3.31. The van der Waals surface area contributed by atoms with Crippen molar-refractivity contribution in [1.29, 1.82) is 0 Å². The number of nitrogens with zero attached hydrogens (tertiary/aromatic N) is 3. The number of methoxy groups -OCH3 is 1. The first-order valence-corrected chi connectivity index (χ1v) is 11.6. The first kappa shape index (κ1) is 25.1. The summed E-state index contributed by atoms with van der Waals surface area (Å²) in [5.74, 6) is -0.897. The summed E-state index contributed by atoms with van der Waals surface area (Å²) in [7, 11) is 1.52. The van der Waals surface area contributed by atoms with Gasteiger partial charge in [-0.1, -0.05) is 41.9 Å². The number of benzene rings is 3. The van der Waals surface area contributed by atoms with E-state index in [1.807, 2.05) is 30.3 Å². The highest BCUT2D eigenvalue weighted by Gasteiger charge is 2.21. The van der Waals surface area contributed by atoms with Gasteiger partial charge >= 0.3 is 0 Å². The predicted octanol–water partition coefficient (Wildman–Crippen LogP) is 5.06. The molecule has 0 aliphatic carbocycles. The molecular formula is C27H24ClFN4O3. The number of aromatic nitrogens is 2. The fraction of sp³-hybridized carbons (Fsp3) is 0.148.